The topological polar surface area (TPSA) is 30.5 Å². The molecule has 0 spiro atoms. The highest BCUT2D eigenvalue weighted by Crippen LogP contribution is 2.27. The Morgan fingerprint density at radius 3 is 2.56 bits per heavy atom. The van der Waals surface area contributed by atoms with Gasteiger partial charge in [-0.1, -0.05) is 19.8 Å². The molecule has 1 aliphatic heterocycles. The Balaban J connectivity index is 1.53. The maximum atomic E-state index is 5.50. The standard InChI is InChI=1S/C13H25NO2/c1-11-2-4-12(5-3-11)8-14-9-13-6-7-15-10-16-13/h11-14H,2-10H2,1H3. The Hall–Kier alpha value is -0.120. The number of ether oxygens (including phenoxy) is 2. The van der Waals surface area contributed by atoms with Crippen LogP contribution >= 0.6 is 0 Å². The molecule has 0 amide bonds. The van der Waals surface area contributed by atoms with E-state index >= 15 is 0 Å². The quantitative estimate of drug-likeness (QED) is 0.798. The molecule has 2 fully saturated rings. The lowest BCUT2D eigenvalue weighted by Gasteiger charge is -2.28. The van der Waals surface area contributed by atoms with E-state index in [1.54, 1.807) is 0 Å². The van der Waals surface area contributed by atoms with E-state index in [-0.39, 0.29) is 0 Å². The van der Waals surface area contributed by atoms with Gasteiger partial charge in [-0.2, -0.15) is 0 Å². The lowest BCUT2D eigenvalue weighted by molar-refractivity contribution is -0.137. The van der Waals surface area contributed by atoms with Gasteiger partial charge in [0.2, 0.25) is 0 Å². The van der Waals surface area contributed by atoms with Gasteiger partial charge in [-0.05, 0) is 37.6 Å². The van der Waals surface area contributed by atoms with Gasteiger partial charge in [0.1, 0.15) is 6.79 Å². The van der Waals surface area contributed by atoms with Crippen molar-refractivity contribution in [2.45, 2.75) is 45.1 Å². The summed E-state index contributed by atoms with van der Waals surface area (Å²) in [5.74, 6) is 1.85. The molecule has 16 heavy (non-hydrogen) atoms. The van der Waals surface area contributed by atoms with Gasteiger partial charge in [0.05, 0.1) is 12.7 Å². The summed E-state index contributed by atoms with van der Waals surface area (Å²) in [5.41, 5.74) is 0. The van der Waals surface area contributed by atoms with Gasteiger partial charge >= 0.3 is 0 Å². The van der Waals surface area contributed by atoms with E-state index in [0.717, 1.165) is 31.4 Å². The summed E-state index contributed by atoms with van der Waals surface area (Å²) in [6, 6.07) is 0. The van der Waals surface area contributed by atoms with Gasteiger partial charge in [-0.3, -0.25) is 0 Å². The number of nitrogens with one attached hydrogen (secondary N) is 1. The summed E-state index contributed by atoms with van der Waals surface area (Å²) >= 11 is 0. The molecule has 3 nitrogen and oxygen atoms in total. The van der Waals surface area contributed by atoms with Crippen molar-refractivity contribution in [2.75, 3.05) is 26.5 Å². The molecule has 2 rings (SSSR count). The van der Waals surface area contributed by atoms with Crippen LogP contribution in [0.5, 0.6) is 0 Å². The minimum atomic E-state index is 0.372. The average molecular weight is 227 g/mol. The van der Waals surface area contributed by atoms with Crippen LogP contribution in [0.2, 0.25) is 0 Å². The highest BCUT2D eigenvalue weighted by molar-refractivity contribution is 4.73. The highest BCUT2D eigenvalue weighted by atomic mass is 16.7. The molecule has 0 aromatic heterocycles. The fraction of sp³-hybridized carbons (Fsp3) is 1.00. The van der Waals surface area contributed by atoms with Crippen molar-refractivity contribution < 1.29 is 9.47 Å². The van der Waals surface area contributed by atoms with Crippen LogP contribution in [0.25, 0.3) is 0 Å². The van der Waals surface area contributed by atoms with Crippen LogP contribution in [0, 0.1) is 11.8 Å². The highest BCUT2D eigenvalue weighted by Gasteiger charge is 2.19. The Morgan fingerprint density at radius 2 is 1.88 bits per heavy atom. The summed E-state index contributed by atoms with van der Waals surface area (Å²) in [6.07, 6.45) is 7.05. The largest absolute Gasteiger partial charge is 0.355 e. The summed E-state index contributed by atoms with van der Waals surface area (Å²) in [5, 5.41) is 3.56. The van der Waals surface area contributed by atoms with Crippen molar-refractivity contribution in [2.24, 2.45) is 11.8 Å². The molecular weight excluding hydrogens is 202 g/mol. The van der Waals surface area contributed by atoms with Crippen molar-refractivity contribution in [1.29, 1.82) is 0 Å². The fourth-order valence-corrected chi connectivity index (χ4v) is 2.64. The second-order valence-electron chi connectivity index (χ2n) is 5.39. The van der Waals surface area contributed by atoms with Crippen molar-refractivity contribution in [3.05, 3.63) is 0 Å². The Morgan fingerprint density at radius 1 is 1.06 bits per heavy atom. The van der Waals surface area contributed by atoms with E-state index in [0.29, 0.717) is 12.9 Å². The number of rotatable bonds is 4. The summed E-state index contributed by atoms with van der Waals surface area (Å²) < 4.78 is 10.7. The first kappa shape index (κ1) is 12.3. The maximum Gasteiger partial charge on any atom is 0.147 e. The first-order valence-electron chi connectivity index (χ1n) is 6.74. The summed E-state index contributed by atoms with van der Waals surface area (Å²) in [6.45, 7) is 5.88. The van der Waals surface area contributed by atoms with Gasteiger partial charge in [-0.25, -0.2) is 0 Å². The number of hydrogen-bond donors (Lipinski definition) is 1. The molecule has 0 aromatic carbocycles. The van der Waals surface area contributed by atoms with E-state index in [9.17, 15) is 0 Å². The molecular formula is C13H25NO2. The zero-order chi connectivity index (χ0) is 11.2. The molecule has 1 saturated carbocycles. The van der Waals surface area contributed by atoms with E-state index in [4.69, 9.17) is 9.47 Å². The van der Waals surface area contributed by atoms with E-state index in [1.807, 2.05) is 0 Å². The minimum absolute atomic E-state index is 0.372. The zero-order valence-electron chi connectivity index (χ0n) is 10.4. The van der Waals surface area contributed by atoms with Crippen LogP contribution in [0.15, 0.2) is 0 Å². The summed E-state index contributed by atoms with van der Waals surface area (Å²) in [7, 11) is 0. The molecule has 2 aliphatic rings. The van der Waals surface area contributed by atoms with Gasteiger partial charge in [-0.15, -0.1) is 0 Å². The maximum absolute atomic E-state index is 5.50. The Kier molecular flexibility index (Phi) is 5.07. The molecule has 1 unspecified atom stereocenters. The molecule has 1 aliphatic carbocycles. The van der Waals surface area contributed by atoms with Crippen molar-refractivity contribution >= 4 is 0 Å². The average Bonchev–Trinajstić information content (AvgIpc) is 2.33. The lowest BCUT2D eigenvalue weighted by atomic mass is 9.83. The van der Waals surface area contributed by atoms with Crippen LogP contribution in [0.3, 0.4) is 0 Å². The second-order valence-corrected chi connectivity index (χ2v) is 5.39. The van der Waals surface area contributed by atoms with Crippen LogP contribution in [0.4, 0.5) is 0 Å². The first-order valence-corrected chi connectivity index (χ1v) is 6.74. The van der Waals surface area contributed by atoms with Crippen molar-refractivity contribution in [3.63, 3.8) is 0 Å². The van der Waals surface area contributed by atoms with Crippen molar-refractivity contribution in [1.82, 2.24) is 5.32 Å². The molecule has 1 N–H and O–H groups in total. The predicted octanol–water partition coefficient (Wildman–Crippen LogP) is 2.17. The smallest absolute Gasteiger partial charge is 0.147 e. The van der Waals surface area contributed by atoms with Crippen molar-refractivity contribution in [3.8, 4) is 0 Å². The van der Waals surface area contributed by atoms with Crippen LogP contribution in [-0.4, -0.2) is 32.6 Å². The van der Waals surface area contributed by atoms with Gasteiger partial charge in [0, 0.05) is 6.54 Å². The molecule has 1 saturated heterocycles. The molecule has 94 valence electrons. The van der Waals surface area contributed by atoms with Crippen LogP contribution < -0.4 is 5.32 Å². The van der Waals surface area contributed by atoms with E-state index < -0.39 is 0 Å². The third-order valence-corrected chi connectivity index (χ3v) is 3.91. The molecule has 1 atom stereocenters. The monoisotopic (exact) mass is 227 g/mol. The molecule has 0 aromatic rings. The third kappa shape index (κ3) is 4.04. The third-order valence-electron chi connectivity index (χ3n) is 3.91. The molecule has 1 heterocycles. The second kappa shape index (κ2) is 6.58. The SMILES string of the molecule is CC1CCC(CNCC2CCOCO2)CC1. The minimum Gasteiger partial charge on any atom is -0.355 e. The predicted molar refractivity (Wildman–Crippen MR) is 64.3 cm³/mol. The van der Waals surface area contributed by atoms with Crippen LogP contribution in [0.1, 0.15) is 39.0 Å². The summed E-state index contributed by atoms with van der Waals surface area (Å²) in [4.78, 5) is 0. The molecule has 0 radical (unpaired) electrons. The van der Waals surface area contributed by atoms with Crippen LogP contribution in [-0.2, 0) is 9.47 Å². The van der Waals surface area contributed by atoms with Gasteiger partial charge < -0.3 is 14.8 Å². The van der Waals surface area contributed by atoms with E-state index in [1.165, 1.54) is 32.2 Å². The van der Waals surface area contributed by atoms with Gasteiger partial charge in [0.25, 0.3) is 0 Å². The normalized spacial score (nSPS) is 36.2. The Labute approximate surface area is 98.9 Å². The Bertz CT molecular complexity index is 184. The first-order chi connectivity index (χ1) is 7.84. The number of hydrogen-bond acceptors (Lipinski definition) is 3. The van der Waals surface area contributed by atoms with Gasteiger partial charge in [0.15, 0.2) is 0 Å². The van der Waals surface area contributed by atoms with E-state index in [2.05, 4.69) is 12.2 Å². The molecule has 0 bridgehead atoms. The zero-order valence-corrected chi connectivity index (χ0v) is 10.4. The fourth-order valence-electron chi connectivity index (χ4n) is 2.64. The molecule has 3 heteroatoms. The lowest BCUT2D eigenvalue weighted by Crippen LogP contribution is -2.36.